The van der Waals surface area contributed by atoms with Crippen molar-refractivity contribution in [3.8, 4) is 11.5 Å². The van der Waals surface area contributed by atoms with Crippen LogP contribution in [0.5, 0.6) is 11.5 Å². The summed E-state index contributed by atoms with van der Waals surface area (Å²) >= 11 is 4.64. The minimum atomic E-state index is -0.598. The SMILES string of the molecule is CCOc1cc(C(=O)OCC(=O)c2cccs2)cc(Br)c1OC. The highest BCUT2D eigenvalue weighted by molar-refractivity contribution is 9.10. The first-order valence-electron chi connectivity index (χ1n) is 6.81. The zero-order valence-corrected chi connectivity index (χ0v) is 15.0. The van der Waals surface area contributed by atoms with Crippen LogP contribution in [0.2, 0.25) is 0 Å². The predicted molar refractivity (Wildman–Crippen MR) is 90.8 cm³/mol. The van der Waals surface area contributed by atoms with E-state index in [1.165, 1.54) is 24.5 Å². The Bertz CT molecular complexity index is 697. The van der Waals surface area contributed by atoms with E-state index in [0.717, 1.165) is 0 Å². The van der Waals surface area contributed by atoms with Crippen molar-refractivity contribution in [1.29, 1.82) is 0 Å². The highest BCUT2D eigenvalue weighted by Crippen LogP contribution is 2.36. The highest BCUT2D eigenvalue weighted by Gasteiger charge is 2.17. The summed E-state index contributed by atoms with van der Waals surface area (Å²) in [5.74, 6) is 0.101. The molecule has 0 atom stereocenters. The summed E-state index contributed by atoms with van der Waals surface area (Å²) in [6, 6.07) is 6.57. The first kappa shape index (κ1) is 17.5. The van der Waals surface area contributed by atoms with Crippen molar-refractivity contribution in [3.05, 3.63) is 44.6 Å². The first-order chi connectivity index (χ1) is 11.1. The highest BCUT2D eigenvalue weighted by atomic mass is 79.9. The van der Waals surface area contributed by atoms with Crippen LogP contribution < -0.4 is 9.47 Å². The summed E-state index contributed by atoms with van der Waals surface area (Å²) in [6.45, 7) is 1.96. The molecule has 7 heteroatoms. The summed E-state index contributed by atoms with van der Waals surface area (Å²) in [4.78, 5) is 24.6. The Morgan fingerprint density at radius 3 is 2.70 bits per heavy atom. The first-order valence-corrected chi connectivity index (χ1v) is 8.48. The van der Waals surface area contributed by atoms with E-state index in [1.54, 1.807) is 23.6 Å². The molecule has 0 aliphatic heterocycles. The zero-order valence-electron chi connectivity index (χ0n) is 12.6. The smallest absolute Gasteiger partial charge is 0.338 e. The van der Waals surface area contributed by atoms with Gasteiger partial charge < -0.3 is 14.2 Å². The van der Waals surface area contributed by atoms with Crippen molar-refractivity contribution in [2.24, 2.45) is 0 Å². The molecular formula is C16H15BrO5S. The molecule has 0 bridgehead atoms. The van der Waals surface area contributed by atoms with Gasteiger partial charge in [0.2, 0.25) is 5.78 Å². The Labute approximate surface area is 146 Å². The lowest BCUT2D eigenvalue weighted by molar-refractivity contribution is 0.0475. The van der Waals surface area contributed by atoms with Crippen molar-refractivity contribution >= 4 is 39.0 Å². The molecular weight excluding hydrogens is 384 g/mol. The lowest BCUT2D eigenvalue weighted by Crippen LogP contribution is -2.13. The molecule has 0 radical (unpaired) electrons. The number of hydrogen-bond donors (Lipinski definition) is 0. The number of halogens is 1. The van der Waals surface area contributed by atoms with Gasteiger partial charge in [0.15, 0.2) is 18.1 Å². The quantitative estimate of drug-likeness (QED) is 0.521. The fourth-order valence-electron chi connectivity index (χ4n) is 1.87. The molecule has 1 heterocycles. The number of hydrogen-bond acceptors (Lipinski definition) is 6. The monoisotopic (exact) mass is 398 g/mol. The van der Waals surface area contributed by atoms with E-state index in [9.17, 15) is 9.59 Å². The molecule has 0 amide bonds. The molecule has 5 nitrogen and oxygen atoms in total. The van der Waals surface area contributed by atoms with Crippen molar-refractivity contribution in [2.75, 3.05) is 20.3 Å². The van der Waals surface area contributed by atoms with Gasteiger partial charge in [-0.15, -0.1) is 11.3 Å². The Morgan fingerprint density at radius 1 is 1.30 bits per heavy atom. The van der Waals surface area contributed by atoms with Crippen molar-refractivity contribution in [3.63, 3.8) is 0 Å². The van der Waals surface area contributed by atoms with Crippen LogP contribution in [0.15, 0.2) is 34.1 Å². The summed E-state index contributed by atoms with van der Waals surface area (Å²) < 4.78 is 16.3. The van der Waals surface area contributed by atoms with Crippen LogP contribution in [-0.4, -0.2) is 32.1 Å². The summed E-state index contributed by atoms with van der Waals surface area (Å²) in [7, 11) is 1.51. The number of esters is 1. The van der Waals surface area contributed by atoms with E-state index in [2.05, 4.69) is 15.9 Å². The Kier molecular flexibility index (Phi) is 6.18. The molecule has 0 fully saturated rings. The number of ketones is 1. The van der Waals surface area contributed by atoms with Gasteiger partial charge in [-0.3, -0.25) is 4.79 Å². The van der Waals surface area contributed by atoms with Gasteiger partial charge in [-0.25, -0.2) is 4.79 Å². The second-order valence-corrected chi connectivity index (χ2v) is 6.20. The van der Waals surface area contributed by atoms with Crippen LogP contribution in [0.1, 0.15) is 27.0 Å². The maximum atomic E-state index is 12.1. The van der Waals surface area contributed by atoms with E-state index in [-0.39, 0.29) is 18.0 Å². The van der Waals surface area contributed by atoms with E-state index >= 15 is 0 Å². The topological polar surface area (TPSA) is 61.8 Å². The average Bonchev–Trinajstić information content (AvgIpc) is 3.06. The molecule has 2 rings (SSSR count). The van der Waals surface area contributed by atoms with Gasteiger partial charge in [-0.05, 0) is 46.4 Å². The van der Waals surface area contributed by atoms with Gasteiger partial charge in [0.1, 0.15) is 0 Å². The van der Waals surface area contributed by atoms with Crippen molar-refractivity contribution < 1.29 is 23.8 Å². The molecule has 0 N–H and O–H groups in total. The molecule has 1 aromatic carbocycles. The fraction of sp³-hybridized carbons (Fsp3) is 0.250. The number of thiophene rings is 1. The van der Waals surface area contributed by atoms with Gasteiger partial charge in [0, 0.05) is 0 Å². The van der Waals surface area contributed by atoms with Crippen LogP contribution >= 0.6 is 27.3 Å². The average molecular weight is 399 g/mol. The normalized spacial score (nSPS) is 10.2. The van der Waals surface area contributed by atoms with Gasteiger partial charge in [0.25, 0.3) is 0 Å². The molecule has 122 valence electrons. The molecule has 23 heavy (non-hydrogen) atoms. The van der Waals surface area contributed by atoms with E-state index in [0.29, 0.717) is 27.5 Å². The van der Waals surface area contributed by atoms with Crippen LogP contribution in [0.4, 0.5) is 0 Å². The van der Waals surface area contributed by atoms with Gasteiger partial charge >= 0.3 is 5.97 Å². The summed E-state index contributed by atoms with van der Waals surface area (Å²) in [6.07, 6.45) is 0. The van der Waals surface area contributed by atoms with Gasteiger partial charge in [0.05, 0.1) is 28.6 Å². The van der Waals surface area contributed by atoms with Crippen molar-refractivity contribution in [1.82, 2.24) is 0 Å². The van der Waals surface area contributed by atoms with Gasteiger partial charge in [-0.1, -0.05) is 6.07 Å². The summed E-state index contributed by atoms with van der Waals surface area (Å²) in [5.41, 5.74) is 0.278. The number of methoxy groups -OCH3 is 1. The van der Waals surface area contributed by atoms with E-state index in [4.69, 9.17) is 14.2 Å². The largest absolute Gasteiger partial charge is 0.492 e. The van der Waals surface area contributed by atoms with E-state index in [1.807, 2.05) is 6.92 Å². The second kappa shape index (κ2) is 8.12. The van der Waals surface area contributed by atoms with Crippen LogP contribution in [0.3, 0.4) is 0 Å². The minimum absolute atomic E-state index is 0.231. The fourth-order valence-corrected chi connectivity index (χ4v) is 3.12. The van der Waals surface area contributed by atoms with Crippen LogP contribution in [0.25, 0.3) is 0 Å². The number of Topliss-reactive ketones (excluding diaryl/α,β-unsaturated/α-hetero) is 1. The molecule has 0 aliphatic carbocycles. The minimum Gasteiger partial charge on any atom is -0.492 e. The Hall–Kier alpha value is -1.86. The molecule has 0 aliphatic rings. The van der Waals surface area contributed by atoms with E-state index < -0.39 is 5.97 Å². The molecule has 1 aromatic heterocycles. The third-order valence-electron chi connectivity index (χ3n) is 2.88. The Morgan fingerprint density at radius 2 is 2.09 bits per heavy atom. The molecule has 0 saturated carbocycles. The number of carbonyl (C=O) groups excluding carboxylic acids is 2. The molecule has 0 saturated heterocycles. The second-order valence-electron chi connectivity index (χ2n) is 4.40. The lowest BCUT2D eigenvalue weighted by atomic mass is 10.2. The third-order valence-corrected chi connectivity index (χ3v) is 4.38. The predicted octanol–water partition coefficient (Wildman–Crippen LogP) is 3.96. The third kappa shape index (κ3) is 4.33. The maximum absolute atomic E-state index is 12.1. The summed E-state index contributed by atoms with van der Waals surface area (Å²) in [5, 5.41) is 1.80. The lowest BCUT2D eigenvalue weighted by Gasteiger charge is -2.12. The number of benzene rings is 1. The van der Waals surface area contributed by atoms with Gasteiger partial charge in [-0.2, -0.15) is 0 Å². The maximum Gasteiger partial charge on any atom is 0.338 e. The standard InChI is InChI=1S/C16H15BrO5S/c1-3-21-13-8-10(7-11(17)15(13)20-2)16(19)22-9-12(18)14-5-4-6-23-14/h4-8H,3,9H2,1-2H3. The Balaban J connectivity index is 2.11. The number of rotatable bonds is 7. The number of carbonyl (C=O) groups is 2. The van der Waals surface area contributed by atoms with Crippen LogP contribution in [-0.2, 0) is 4.74 Å². The molecule has 2 aromatic rings. The number of ether oxygens (including phenoxy) is 3. The zero-order chi connectivity index (χ0) is 16.8. The molecule has 0 spiro atoms. The van der Waals surface area contributed by atoms with Crippen molar-refractivity contribution in [2.45, 2.75) is 6.92 Å². The van der Waals surface area contributed by atoms with Crippen LogP contribution in [0, 0.1) is 0 Å². The molecule has 0 unspecified atom stereocenters.